The third kappa shape index (κ3) is 4.53. The number of nitrogens with two attached hydrogens (primary N) is 1. The van der Waals surface area contributed by atoms with E-state index in [0.717, 1.165) is 36.3 Å². The molecule has 1 fully saturated rings. The van der Waals surface area contributed by atoms with Crippen LogP contribution < -0.4 is 11.1 Å². The summed E-state index contributed by atoms with van der Waals surface area (Å²) in [5.74, 6) is 0.120. The maximum atomic E-state index is 12.6. The molecule has 1 aromatic heterocycles. The Kier molecular flexibility index (Phi) is 6.57. The maximum absolute atomic E-state index is 12.6. The predicted molar refractivity (Wildman–Crippen MR) is 95.7 cm³/mol. The summed E-state index contributed by atoms with van der Waals surface area (Å²) >= 11 is 1.56. The number of nitrogens with zero attached hydrogens (tertiary/aromatic N) is 1. The van der Waals surface area contributed by atoms with Crippen molar-refractivity contribution < 1.29 is 4.79 Å². The van der Waals surface area contributed by atoms with Crippen LogP contribution in [-0.2, 0) is 4.79 Å². The first-order chi connectivity index (χ1) is 10.7. The van der Waals surface area contributed by atoms with Crippen molar-refractivity contribution in [1.82, 2.24) is 10.3 Å². The molecule has 3 unspecified atom stereocenters. The lowest BCUT2D eigenvalue weighted by Crippen LogP contribution is -2.39. The first kappa shape index (κ1) is 17.9. The summed E-state index contributed by atoms with van der Waals surface area (Å²) < 4.78 is 0. The minimum atomic E-state index is -0.174. The predicted octanol–water partition coefficient (Wildman–Crippen LogP) is 3.29. The zero-order valence-electron chi connectivity index (χ0n) is 12.9. The fraction of sp³-hybridized carbons (Fsp3) is 0.412. The highest BCUT2D eigenvalue weighted by molar-refractivity contribution is 7.09. The molecule has 4 nitrogen and oxygen atoms in total. The number of hydrogen-bond acceptors (Lipinski definition) is 4. The van der Waals surface area contributed by atoms with Crippen LogP contribution in [-0.4, -0.2) is 16.9 Å². The van der Waals surface area contributed by atoms with Crippen molar-refractivity contribution in [3.05, 3.63) is 52.5 Å². The average Bonchev–Trinajstić information content (AvgIpc) is 3.07. The molecule has 0 radical (unpaired) electrons. The monoisotopic (exact) mass is 351 g/mol. The molecule has 0 bridgehead atoms. The summed E-state index contributed by atoms with van der Waals surface area (Å²) in [7, 11) is 0. The van der Waals surface area contributed by atoms with Crippen LogP contribution in [0.2, 0.25) is 0 Å². The first-order valence-electron chi connectivity index (χ1n) is 7.74. The molecule has 1 aliphatic rings. The summed E-state index contributed by atoms with van der Waals surface area (Å²) in [6.07, 6.45) is 5.55. The number of nitrogens with one attached hydrogen (secondary N) is 1. The van der Waals surface area contributed by atoms with Gasteiger partial charge in [0.15, 0.2) is 0 Å². The van der Waals surface area contributed by atoms with Crippen LogP contribution in [0.15, 0.2) is 41.9 Å². The zero-order valence-corrected chi connectivity index (χ0v) is 14.5. The highest BCUT2D eigenvalue weighted by Gasteiger charge is 2.28. The molecule has 3 N–H and O–H groups in total. The van der Waals surface area contributed by atoms with Crippen molar-refractivity contribution in [3.63, 3.8) is 0 Å². The SMILES string of the molecule is Cl.NC1CCCC(C(=O)NC(c2ccccc2)c2nccs2)C1. The summed E-state index contributed by atoms with van der Waals surface area (Å²) in [6, 6.07) is 9.98. The lowest BCUT2D eigenvalue weighted by molar-refractivity contribution is -0.126. The van der Waals surface area contributed by atoms with Gasteiger partial charge in [0.05, 0.1) is 0 Å². The fourth-order valence-corrected chi connectivity index (χ4v) is 3.75. The average molecular weight is 352 g/mol. The van der Waals surface area contributed by atoms with Gasteiger partial charge in [-0.3, -0.25) is 4.79 Å². The molecule has 124 valence electrons. The molecule has 1 aliphatic carbocycles. The van der Waals surface area contributed by atoms with E-state index < -0.39 is 0 Å². The van der Waals surface area contributed by atoms with Gasteiger partial charge in [0.1, 0.15) is 11.0 Å². The second-order valence-electron chi connectivity index (χ2n) is 5.85. The molecule has 3 atom stereocenters. The van der Waals surface area contributed by atoms with E-state index in [1.807, 2.05) is 35.7 Å². The van der Waals surface area contributed by atoms with Gasteiger partial charge in [-0.15, -0.1) is 23.7 Å². The molecule has 6 heteroatoms. The summed E-state index contributed by atoms with van der Waals surface area (Å²) in [5.41, 5.74) is 7.07. The molecular formula is C17H22ClN3OS. The number of carbonyl (C=O) groups excluding carboxylic acids is 1. The molecule has 0 spiro atoms. The van der Waals surface area contributed by atoms with E-state index in [-0.39, 0.29) is 36.3 Å². The Hall–Kier alpha value is -1.43. The van der Waals surface area contributed by atoms with Crippen molar-refractivity contribution in [3.8, 4) is 0 Å². The lowest BCUT2D eigenvalue weighted by Gasteiger charge is -2.27. The van der Waals surface area contributed by atoms with Gasteiger partial charge in [-0.2, -0.15) is 0 Å². The normalized spacial score (nSPS) is 22.0. The van der Waals surface area contributed by atoms with Gasteiger partial charge in [-0.1, -0.05) is 36.8 Å². The molecule has 1 saturated carbocycles. The number of rotatable bonds is 4. The van der Waals surface area contributed by atoms with E-state index in [2.05, 4.69) is 10.3 Å². The van der Waals surface area contributed by atoms with E-state index in [1.165, 1.54) is 0 Å². The van der Waals surface area contributed by atoms with Gasteiger partial charge in [-0.05, 0) is 24.8 Å². The Bertz CT molecular complexity index is 606. The lowest BCUT2D eigenvalue weighted by atomic mass is 9.85. The maximum Gasteiger partial charge on any atom is 0.223 e. The van der Waals surface area contributed by atoms with Gasteiger partial charge < -0.3 is 11.1 Å². The van der Waals surface area contributed by atoms with E-state index in [9.17, 15) is 4.79 Å². The highest BCUT2D eigenvalue weighted by Crippen LogP contribution is 2.27. The number of thiazole rings is 1. The van der Waals surface area contributed by atoms with Crippen molar-refractivity contribution in [2.75, 3.05) is 0 Å². The van der Waals surface area contributed by atoms with Crippen LogP contribution >= 0.6 is 23.7 Å². The van der Waals surface area contributed by atoms with Gasteiger partial charge >= 0.3 is 0 Å². The third-order valence-corrected chi connectivity index (χ3v) is 5.04. The number of hydrogen-bond donors (Lipinski definition) is 2. The Balaban J connectivity index is 0.00000192. The van der Waals surface area contributed by atoms with Crippen LogP contribution in [0.5, 0.6) is 0 Å². The summed E-state index contributed by atoms with van der Waals surface area (Å²) in [5, 5.41) is 6.03. The van der Waals surface area contributed by atoms with E-state index in [0.29, 0.717) is 0 Å². The quantitative estimate of drug-likeness (QED) is 0.888. The van der Waals surface area contributed by atoms with Gasteiger partial charge in [-0.25, -0.2) is 4.98 Å². The van der Waals surface area contributed by atoms with Gasteiger partial charge in [0, 0.05) is 23.5 Å². The molecule has 2 aromatic rings. The molecule has 23 heavy (non-hydrogen) atoms. The molecule has 1 heterocycles. The number of halogens is 1. The largest absolute Gasteiger partial charge is 0.342 e. The van der Waals surface area contributed by atoms with Gasteiger partial charge in [0.25, 0.3) is 0 Å². The third-order valence-electron chi connectivity index (χ3n) is 4.20. The van der Waals surface area contributed by atoms with Crippen molar-refractivity contribution in [2.45, 2.75) is 37.8 Å². The standard InChI is InChI=1S/C17H21N3OS.ClH/c18-14-8-4-7-13(11-14)16(21)20-15(17-19-9-10-22-17)12-5-2-1-3-6-12;/h1-3,5-6,9-10,13-15H,4,7-8,11,18H2,(H,20,21);1H. The first-order valence-corrected chi connectivity index (χ1v) is 8.62. The molecule has 1 aromatic carbocycles. The Morgan fingerprint density at radius 2 is 2.09 bits per heavy atom. The van der Waals surface area contributed by atoms with Gasteiger partial charge in [0.2, 0.25) is 5.91 Å². The van der Waals surface area contributed by atoms with E-state index in [4.69, 9.17) is 5.73 Å². The van der Waals surface area contributed by atoms with Crippen LogP contribution in [0.25, 0.3) is 0 Å². The highest BCUT2D eigenvalue weighted by atomic mass is 35.5. The van der Waals surface area contributed by atoms with Crippen LogP contribution in [0.4, 0.5) is 0 Å². The van der Waals surface area contributed by atoms with E-state index in [1.54, 1.807) is 17.5 Å². The second-order valence-corrected chi connectivity index (χ2v) is 6.77. The Morgan fingerprint density at radius 1 is 1.30 bits per heavy atom. The minimum absolute atomic E-state index is 0. The smallest absolute Gasteiger partial charge is 0.223 e. The Morgan fingerprint density at radius 3 is 2.74 bits per heavy atom. The number of benzene rings is 1. The van der Waals surface area contributed by atoms with Crippen molar-refractivity contribution >= 4 is 29.7 Å². The van der Waals surface area contributed by atoms with Crippen molar-refractivity contribution in [1.29, 1.82) is 0 Å². The molecular weight excluding hydrogens is 330 g/mol. The van der Waals surface area contributed by atoms with Crippen LogP contribution in [0.1, 0.15) is 42.3 Å². The fourth-order valence-electron chi connectivity index (χ4n) is 3.04. The van der Waals surface area contributed by atoms with E-state index >= 15 is 0 Å². The Labute approximate surface area is 146 Å². The minimum Gasteiger partial charge on any atom is -0.342 e. The number of aromatic nitrogens is 1. The summed E-state index contributed by atoms with van der Waals surface area (Å²) in [6.45, 7) is 0. The molecule has 0 aliphatic heterocycles. The molecule has 0 saturated heterocycles. The van der Waals surface area contributed by atoms with Crippen LogP contribution in [0, 0.1) is 5.92 Å². The zero-order chi connectivity index (χ0) is 15.4. The van der Waals surface area contributed by atoms with Crippen LogP contribution in [0.3, 0.4) is 0 Å². The topological polar surface area (TPSA) is 68.0 Å². The number of carbonyl (C=O) groups is 1. The molecule has 1 amide bonds. The second kappa shape index (κ2) is 8.43. The number of amides is 1. The summed E-state index contributed by atoms with van der Waals surface area (Å²) in [4.78, 5) is 17.0. The molecule has 3 rings (SSSR count). The van der Waals surface area contributed by atoms with Crippen molar-refractivity contribution in [2.24, 2.45) is 11.7 Å².